The van der Waals surface area contributed by atoms with Gasteiger partial charge in [-0.2, -0.15) is 0 Å². The Hall–Kier alpha value is -0.320. The molecule has 0 radical (unpaired) electrons. The second-order valence-electron chi connectivity index (χ2n) is 1.67. The summed E-state index contributed by atoms with van der Waals surface area (Å²) in [6, 6.07) is 0. The van der Waals surface area contributed by atoms with Crippen molar-refractivity contribution in [3.05, 3.63) is 12.2 Å². The Labute approximate surface area is 77.6 Å². The molecule has 0 unspecified atom stereocenters. The largest absolute Gasteiger partial charge is 0.305 e. The van der Waals surface area contributed by atoms with Crippen LogP contribution < -0.4 is 0 Å². The highest BCUT2D eigenvalue weighted by Crippen LogP contribution is 2.32. The van der Waals surface area contributed by atoms with Crippen LogP contribution in [0.1, 0.15) is 5.82 Å². The topological polar surface area (TPSA) is 54.6 Å². The number of nitrogens with one attached hydrogen (secondary N) is 1. The molecule has 0 bridgehead atoms. The molecule has 7 heteroatoms. The minimum atomic E-state index is -1.63. The first-order chi connectivity index (χ1) is 5.05. The van der Waals surface area contributed by atoms with Crippen molar-refractivity contribution < 1.29 is 0 Å². The van der Waals surface area contributed by atoms with Crippen LogP contribution in [0.25, 0.3) is 0 Å². The van der Waals surface area contributed by atoms with E-state index in [2.05, 4.69) is 10.2 Å². The maximum atomic E-state index is 6.86. The van der Waals surface area contributed by atoms with E-state index in [1.807, 2.05) is 0 Å². The summed E-state index contributed by atoms with van der Waals surface area (Å²) < 4.78 is -0.471. The highest BCUT2D eigenvalue weighted by molar-refractivity contribution is 6.64. The van der Waals surface area contributed by atoms with Gasteiger partial charge in [-0.25, -0.2) is 0 Å². The third-order valence-corrected chi connectivity index (χ3v) is 1.52. The van der Waals surface area contributed by atoms with Crippen molar-refractivity contribution >= 4 is 41.0 Å². The molecule has 0 spiro atoms. The highest BCUT2D eigenvalue weighted by Gasteiger charge is 2.24. The lowest BCUT2D eigenvalue weighted by Gasteiger charge is -2.11. The molecule has 1 aromatic rings. The van der Waals surface area contributed by atoms with Crippen LogP contribution in [0.2, 0.25) is 0 Å². The maximum absolute atomic E-state index is 6.86. The van der Waals surface area contributed by atoms with Gasteiger partial charge in [-0.15, -0.1) is 10.2 Å². The number of halogens is 3. The van der Waals surface area contributed by atoms with Gasteiger partial charge in [0.15, 0.2) is 5.82 Å². The zero-order chi connectivity index (χ0) is 8.48. The van der Waals surface area contributed by atoms with Crippen molar-refractivity contribution in [3.8, 4) is 0 Å². The molecular weight excluding hydrogens is 210 g/mol. The van der Waals surface area contributed by atoms with Crippen LogP contribution in [-0.2, 0) is 3.92 Å². The summed E-state index contributed by atoms with van der Waals surface area (Å²) in [5.41, 5.74) is 0. The zero-order valence-electron chi connectivity index (χ0n) is 5.13. The number of aromatic nitrogens is 3. The van der Waals surface area contributed by atoms with Crippen molar-refractivity contribution in [2.45, 2.75) is 3.92 Å². The molecular formula is C4H3Cl3N4. The minimum absolute atomic E-state index is 0.199. The average Bonchev–Trinajstić information content (AvgIpc) is 2.31. The fourth-order valence-electron chi connectivity index (χ4n) is 0.538. The Morgan fingerprint density at radius 1 is 1.55 bits per heavy atom. The molecule has 1 aromatic heterocycles. The second kappa shape index (κ2) is 2.97. The van der Waals surface area contributed by atoms with E-state index < -0.39 is 3.92 Å². The quantitative estimate of drug-likeness (QED) is 0.568. The molecule has 0 saturated heterocycles. The van der Waals surface area contributed by atoms with E-state index in [-0.39, 0.29) is 5.82 Å². The SMILES string of the molecule is N=Cc1nncn1C(Cl)(Cl)Cl. The molecule has 60 valence electrons. The number of hydrogen-bond donors (Lipinski definition) is 1. The lowest BCUT2D eigenvalue weighted by atomic mass is 10.7. The van der Waals surface area contributed by atoms with E-state index in [1.54, 1.807) is 0 Å². The minimum Gasteiger partial charge on any atom is -0.305 e. The summed E-state index contributed by atoms with van der Waals surface area (Å²) in [4.78, 5) is 0. The third kappa shape index (κ3) is 1.83. The van der Waals surface area contributed by atoms with E-state index >= 15 is 0 Å². The van der Waals surface area contributed by atoms with E-state index in [0.717, 1.165) is 10.8 Å². The Morgan fingerprint density at radius 3 is 2.55 bits per heavy atom. The Kier molecular flexibility index (Phi) is 2.37. The van der Waals surface area contributed by atoms with Gasteiger partial charge in [-0.05, 0) is 0 Å². The molecule has 0 aliphatic carbocycles. The maximum Gasteiger partial charge on any atom is 0.274 e. The zero-order valence-corrected chi connectivity index (χ0v) is 7.40. The molecule has 4 nitrogen and oxygen atoms in total. The van der Waals surface area contributed by atoms with Gasteiger partial charge < -0.3 is 5.41 Å². The molecule has 0 fully saturated rings. The molecule has 0 aromatic carbocycles. The van der Waals surface area contributed by atoms with E-state index in [1.165, 1.54) is 6.33 Å². The standard InChI is InChI=1S/C4H3Cl3N4/c5-4(6,7)11-2-9-10-3(11)1-8/h1-2,8H. The van der Waals surface area contributed by atoms with Gasteiger partial charge in [0, 0.05) is 0 Å². The van der Waals surface area contributed by atoms with Crippen molar-refractivity contribution in [1.82, 2.24) is 14.8 Å². The molecule has 11 heavy (non-hydrogen) atoms. The Bertz CT molecular complexity index is 263. The molecule has 0 amide bonds. The van der Waals surface area contributed by atoms with E-state index in [9.17, 15) is 0 Å². The number of rotatable bonds is 1. The van der Waals surface area contributed by atoms with Crippen LogP contribution in [0.5, 0.6) is 0 Å². The van der Waals surface area contributed by atoms with Gasteiger partial charge >= 0.3 is 0 Å². The Morgan fingerprint density at radius 2 is 2.18 bits per heavy atom. The number of alkyl halides is 3. The smallest absolute Gasteiger partial charge is 0.274 e. The second-order valence-corrected chi connectivity index (χ2v) is 3.89. The summed E-state index contributed by atoms with van der Waals surface area (Å²) in [5, 5.41) is 13.8. The summed E-state index contributed by atoms with van der Waals surface area (Å²) in [7, 11) is 0. The lowest BCUT2D eigenvalue weighted by Crippen LogP contribution is -2.14. The van der Waals surface area contributed by atoms with Gasteiger partial charge in [0.25, 0.3) is 3.92 Å². The molecule has 0 atom stereocenters. The van der Waals surface area contributed by atoms with E-state index in [4.69, 9.17) is 40.2 Å². The number of hydrogen-bond acceptors (Lipinski definition) is 3. The monoisotopic (exact) mass is 212 g/mol. The van der Waals surface area contributed by atoms with Crippen LogP contribution in [0.3, 0.4) is 0 Å². The van der Waals surface area contributed by atoms with Gasteiger partial charge in [-0.3, -0.25) is 4.57 Å². The predicted octanol–water partition coefficient (Wildman–Crippen LogP) is 1.56. The van der Waals surface area contributed by atoms with Crippen LogP contribution >= 0.6 is 34.8 Å². The first kappa shape index (κ1) is 8.77. The van der Waals surface area contributed by atoms with Crippen LogP contribution in [-0.4, -0.2) is 21.0 Å². The molecule has 0 aliphatic heterocycles. The fraction of sp³-hybridized carbons (Fsp3) is 0.250. The first-order valence-electron chi connectivity index (χ1n) is 2.53. The molecule has 0 saturated carbocycles. The van der Waals surface area contributed by atoms with Crippen molar-refractivity contribution in [2.24, 2.45) is 0 Å². The van der Waals surface area contributed by atoms with Crippen molar-refractivity contribution in [3.63, 3.8) is 0 Å². The van der Waals surface area contributed by atoms with Gasteiger partial charge in [0.2, 0.25) is 0 Å². The summed E-state index contributed by atoms with van der Waals surface area (Å²) in [6.07, 6.45) is 2.20. The molecule has 1 rings (SSSR count). The summed E-state index contributed by atoms with van der Waals surface area (Å²) >= 11 is 16.5. The summed E-state index contributed by atoms with van der Waals surface area (Å²) in [5.74, 6) is 0.199. The van der Waals surface area contributed by atoms with Crippen molar-refractivity contribution in [2.75, 3.05) is 0 Å². The van der Waals surface area contributed by atoms with Gasteiger partial charge in [0.1, 0.15) is 6.33 Å². The predicted molar refractivity (Wildman–Crippen MR) is 43.4 cm³/mol. The van der Waals surface area contributed by atoms with E-state index in [0.29, 0.717) is 0 Å². The van der Waals surface area contributed by atoms with Crippen LogP contribution in [0, 0.1) is 5.41 Å². The molecule has 0 aliphatic rings. The molecule has 1 N–H and O–H groups in total. The fourth-order valence-corrected chi connectivity index (χ4v) is 0.928. The van der Waals surface area contributed by atoms with Crippen LogP contribution in [0.4, 0.5) is 0 Å². The van der Waals surface area contributed by atoms with Crippen LogP contribution in [0.15, 0.2) is 6.33 Å². The average molecular weight is 213 g/mol. The lowest BCUT2D eigenvalue weighted by molar-refractivity contribution is 0.776. The van der Waals surface area contributed by atoms with Gasteiger partial charge in [-0.1, -0.05) is 34.8 Å². The summed E-state index contributed by atoms with van der Waals surface area (Å²) in [6.45, 7) is 0. The van der Waals surface area contributed by atoms with Crippen molar-refractivity contribution in [1.29, 1.82) is 5.41 Å². The van der Waals surface area contributed by atoms with Gasteiger partial charge in [0.05, 0.1) is 6.21 Å². The molecule has 1 heterocycles. The third-order valence-electron chi connectivity index (χ3n) is 0.976. The normalized spacial score (nSPS) is 11.5. The highest BCUT2D eigenvalue weighted by atomic mass is 35.6. The Balaban J connectivity index is 3.12. The first-order valence-corrected chi connectivity index (χ1v) is 3.67. The number of nitrogens with zero attached hydrogens (tertiary/aromatic N) is 3.